The average molecular weight is 387 g/mol. The van der Waals surface area contributed by atoms with Crippen LogP contribution in [0.25, 0.3) is 0 Å². The second kappa shape index (κ2) is 6.19. The zero-order valence-corrected chi connectivity index (χ0v) is 15.2. The van der Waals surface area contributed by atoms with Crippen LogP contribution in [0.5, 0.6) is 5.75 Å². The number of fused-ring (bicyclic) bond motifs is 1. The van der Waals surface area contributed by atoms with E-state index in [1.54, 1.807) is 7.11 Å². The lowest BCUT2D eigenvalue weighted by Crippen LogP contribution is -2.16. The van der Waals surface area contributed by atoms with Crippen molar-refractivity contribution in [1.82, 2.24) is 0 Å². The highest BCUT2D eigenvalue weighted by atomic mass is 79.9. The van der Waals surface area contributed by atoms with Gasteiger partial charge in [-0.2, -0.15) is 0 Å². The van der Waals surface area contributed by atoms with Gasteiger partial charge in [-0.25, -0.2) is 0 Å². The maximum absolute atomic E-state index is 6.18. The second-order valence-electron chi connectivity index (χ2n) is 5.32. The van der Waals surface area contributed by atoms with E-state index in [0.29, 0.717) is 6.04 Å². The maximum Gasteiger partial charge on any atom is 0.143 e. The molecule has 1 unspecified atom stereocenters. The predicted octanol–water partition coefficient (Wildman–Crippen LogP) is 5.97. The summed E-state index contributed by atoms with van der Waals surface area (Å²) >= 11 is 11.6. The molecule has 0 bridgehead atoms. The monoisotopic (exact) mass is 385 g/mol. The zero-order chi connectivity index (χ0) is 15.0. The third-order valence-corrected chi connectivity index (χ3v) is 6.02. The van der Waals surface area contributed by atoms with Crippen LogP contribution < -0.4 is 10.1 Å². The molecule has 1 aromatic heterocycles. The van der Waals surface area contributed by atoms with E-state index in [4.69, 9.17) is 16.3 Å². The summed E-state index contributed by atoms with van der Waals surface area (Å²) in [5.74, 6) is 0.798. The predicted molar refractivity (Wildman–Crippen MR) is 94.1 cm³/mol. The van der Waals surface area contributed by atoms with E-state index in [-0.39, 0.29) is 0 Å². The van der Waals surface area contributed by atoms with Gasteiger partial charge in [0.1, 0.15) is 5.75 Å². The van der Waals surface area contributed by atoms with Crippen molar-refractivity contribution in [2.45, 2.75) is 32.2 Å². The Hall–Kier alpha value is -0.710. The van der Waals surface area contributed by atoms with E-state index in [0.717, 1.165) is 28.4 Å². The van der Waals surface area contributed by atoms with Crippen LogP contribution in [0.4, 0.5) is 5.69 Å². The molecule has 5 heteroatoms. The summed E-state index contributed by atoms with van der Waals surface area (Å²) in [5.41, 5.74) is 3.48. The summed E-state index contributed by atoms with van der Waals surface area (Å²) in [6.07, 6.45) is 3.54. The van der Waals surface area contributed by atoms with Crippen LogP contribution in [-0.4, -0.2) is 7.11 Å². The number of ether oxygens (including phenoxy) is 1. The van der Waals surface area contributed by atoms with Crippen LogP contribution in [0, 0.1) is 6.92 Å². The number of hydrogen-bond acceptors (Lipinski definition) is 3. The molecule has 0 saturated heterocycles. The fourth-order valence-electron chi connectivity index (χ4n) is 2.80. The number of nitrogens with one attached hydrogen (secondary N) is 1. The van der Waals surface area contributed by atoms with Gasteiger partial charge < -0.3 is 10.1 Å². The Balaban J connectivity index is 1.92. The summed E-state index contributed by atoms with van der Waals surface area (Å²) in [5, 5.41) is 4.38. The molecular weight excluding hydrogens is 370 g/mol. The highest BCUT2D eigenvalue weighted by molar-refractivity contribution is 9.11. The molecule has 0 amide bonds. The smallest absolute Gasteiger partial charge is 0.143 e. The third kappa shape index (κ3) is 3.08. The number of rotatable bonds is 3. The van der Waals surface area contributed by atoms with Gasteiger partial charge in [-0.3, -0.25) is 0 Å². The number of hydrogen-bond donors (Lipinski definition) is 1. The molecule has 2 aromatic rings. The van der Waals surface area contributed by atoms with Crippen LogP contribution in [0.3, 0.4) is 0 Å². The van der Waals surface area contributed by atoms with Gasteiger partial charge in [0.15, 0.2) is 0 Å². The fraction of sp³-hybridized carbons (Fsp3) is 0.375. The van der Waals surface area contributed by atoms with Crippen molar-refractivity contribution < 1.29 is 4.74 Å². The molecule has 21 heavy (non-hydrogen) atoms. The molecule has 0 aliphatic heterocycles. The lowest BCUT2D eigenvalue weighted by molar-refractivity contribution is 0.415. The Bertz CT molecular complexity index is 671. The van der Waals surface area contributed by atoms with Gasteiger partial charge in [-0.1, -0.05) is 11.6 Å². The Labute approximate surface area is 142 Å². The largest absolute Gasteiger partial charge is 0.495 e. The summed E-state index contributed by atoms with van der Waals surface area (Å²) in [7, 11) is 1.68. The number of thiophene rings is 1. The number of halogens is 2. The minimum Gasteiger partial charge on any atom is -0.495 e. The van der Waals surface area contributed by atoms with E-state index < -0.39 is 0 Å². The first-order chi connectivity index (χ1) is 10.1. The van der Waals surface area contributed by atoms with Crippen molar-refractivity contribution in [3.63, 3.8) is 0 Å². The molecular formula is C16H17BrClNOS. The molecule has 0 saturated carbocycles. The van der Waals surface area contributed by atoms with Crippen molar-refractivity contribution in [2.75, 3.05) is 12.4 Å². The van der Waals surface area contributed by atoms with Crippen LogP contribution in [0.2, 0.25) is 5.02 Å². The Morgan fingerprint density at radius 2 is 2.19 bits per heavy atom. The van der Waals surface area contributed by atoms with E-state index in [1.807, 2.05) is 24.3 Å². The van der Waals surface area contributed by atoms with E-state index >= 15 is 0 Å². The molecule has 1 heterocycles. The minimum atomic E-state index is 0.339. The average Bonchev–Trinajstić information content (AvgIpc) is 2.84. The van der Waals surface area contributed by atoms with Crippen LogP contribution in [0.1, 0.15) is 34.9 Å². The number of methoxy groups -OCH3 is 1. The quantitative estimate of drug-likeness (QED) is 0.701. The Kier molecular flexibility index (Phi) is 4.48. The maximum atomic E-state index is 6.18. The van der Waals surface area contributed by atoms with Crippen LogP contribution >= 0.6 is 38.9 Å². The number of anilines is 1. The highest BCUT2D eigenvalue weighted by Gasteiger charge is 2.23. The molecule has 0 spiro atoms. The van der Waals surface area contributed by atoms with Gasteiger partial charge in [0.2, 0.25) is 0 Å². The van der Waals surface area contributed by atoms with Gasteiger partial charge in [-0.05, 0) is 65.4 Å². The first-order valence-corrected chi connectivity index (χ1v) is 8.96. The van der Waals surface area contributed by atoms with Crippen LogP contribution in [0.15, 0.2) is 22.0 Å². The minimum absolute atomic E-state index is 0.339. The highest BCUT2D eigenvalue weighted by Crippen LogP contribution is 2.41. The Morgan fingerprint density at radius 1 is 1.38 bits per heavy atom. The van der Waals surface area contributed by atoms with E-state index in [1.165, 1.54) is 27.1 Å². The first-order valence-electron chi connectivity index (χ1n) is 6.97. The van der Waals surface area contributed by atoms with Crippen molar-refractivity contribution in [3.05, 3.63) is 43.0 Å². The number of benzene rings is 1. The SMILES string of the molecule is COc1cc(Cl)c(C)cc1NC1CCCc2sc(Br)cc21. The molecule has 0 fully saturated rings. The molecule has 112 valence electrons. The lowest BCUT2D eigenvalue weighted by atomic mass is 9.93. The number of aryl methyl sites for hydroxylation is 2. The molecule has 1 aliphatic carbocycles. The van der Waals surface area contributed by atoms with Gasteiger partial charge in [-0.15, -0.1) is 11.3 Å². The molecule has 1 N–H and O–H groups in total. The molecule has 1 aromatic carbocycles. The van der Waals surface area contributed by atoms with E-state index in [2.05, 4.69) is 33.4 Å². The van der Waals surface area contributed by atoms with Gasteiger partial charge >= 0.3 is 0 Å². The zero-order valence-electron chi connectivity index (χ0n) is 12.0. The first kappa shape index (κ1) is 15.2. The van der Waals surface area contributed by atoms with Gasteiger partial charge in [0.05, 0.1) is 22.6 Å². The summed E-state index contributed by atoms with van der Waals surface area (Å²) in [4.78, 5) is 1.48. The summed E-state index contributed by atoms with van der Waals surface area (Å²) in [6.45, 7) is 2.01. The van der Waals surface area contributed by atoms with Crippen molar-refractivity contribution in [2.24, 2.45) is 0 Å². The fourth-order valence-corrected chi connectivity index (χ4v) is 4.78. The van der Waals surface area contributed by atoms with Crippen molar-refractivity contribution >= 4 is 44.6 Å². The topological polar surface area (TPSA) is 21.3 Å². The molecule has 0 radical (unpaired) electrons. The Morgan fingerprint density at radius 3 is 2.95 bits per heavy atom. The van der Waals surface area contributed by atoms with Crippen LogP contribution in [-0.2, 0) is 6.42 Å². The molecule has 1 aliphatic rings. The molecule has 1 atom stereocenters. The summed E-state index contributed by atoms with van der Waals surface area (Å²) in [6, 6.07) is 6.53. The summed E-state index contributed by atoms with van der Waals surface area (Å²) < 4.78 is 6.67. The third-order valence-electron chi connectivity index (χ3n) is 3.89. The molecule has 3 rings (SSSR count). The van der Waals surface area contributed by atoms with E-state index in [9.17, 15) is 0 Å². The molecule has 2 nitrogen and oxygen atoms in total. The van der Waals surface area contributed by atoms with Gasteiger partial charge in [0.25, 0.3) is 0 Å². The van der Waals surface area contributed by atoms with Crippen molar-refractivity contribution in [1.29, 1.82) is 0 Å². The second-order valence-corrected chi connectivity index (χ2v) is 8.24. The van der Waals surface area contributed by atoms with Crippen molar-refractivity contribution in [3.8, 4) is 5.75 Å². The standard InChI is InChI=1S/C16H17BrClNOS/c1-9-6-13(14(20-2)8-11(9)18)19-12-4-3-5-15-10(12)7-16(17)21-15/h6-8,12,19H,3-5H2,1-2H3. The lowest BCUT2D eigenvalue weighted by Gasteiger charge is -2.26. The van der Waals surface area contributed by atoms with Gasteiger partial charge in [0, 0.05) is 16.0 Å². The normalized spacial score (nSPS) is 17.4.